The van der Waals surface area contributed by atoms with Gasteiger partial charge in [-0.15, -0.1) is 10.2 Å². The Morgan fingerprint density at radius 3 is 2.46 bits per heavy atom. The number of thioether (sulfide) groups is 1. The minimum Gasteiger partial charge on any atom is -0.497 e. The van der Waals surface area contributed by atoms with Gasteiger partial charge in [0.15, 0.2) is 5.16 Å². The summed E-state index contributed by atoms with van der Waals surface area (Å²) in [5, 5.41) is 9.15. The summed E-state index contributed by atoms with van der Waals surface area (Å²) in [6, 6.07) is 7.74. The molecule has 26 heavy (non-hydrogen) atoms. The average molecular weight is 375 g/mol. The molecule has 0 saturated carbocycles. The predicted octanol–water partition coefficient (Wildman–Crippen LogP) is 1.84. The molecule has 1 aromatic heterocycles. The molecule has 2 heterocycles. The lowest BCUT2D eigenvalue weighted by atomic mass is 10.3. The first-order valence-electron chi connectivity index (χ1n) is 8.81. The molecule has 0 atom stereocenters. The van der Waals surface area contributed by atoms with E-state index in [1.807, 2.05) is 40.7 Å². The number of nitrogens with zero attached hydrogens (tertiary/aromatic N) is 5. The first-order valence-corrected chi connectivity index (χ1v) is 9.80. The summed E-state index contributed by atoms with van der Waals surface area (Å²) in [4.78, 5) is 16.8. The largest absolute Gasteiger partial charge is 0.497 e. The summed E-state index contributed by atoms with van der Waals surface area (Å²) >= 11 is 1.43. The summed E-state index contributed by atoms with van der Waals surface area (Å²) in [7, 11) is 1.65. The third kappa shape index (κ3) is 4.19. The highest BCUT2D eigenvalue weighted by molar-refractivity contribution is 7.99. The van der Waals surface area contributed by atoms with Gasteiger partial charge in [-0.2, -0.15) is 0 Å². The molecule has 140 valence electrons. The van der Waals surface area contributed by atoms with E-state index in [2.05, 4.69) is 22.0 Å². The van der Waals surface area contributed by atoms with Gasteiger partial charge in [0.25, 0.3) is 0 Å². The number of likely N-dealkylation sites (N-methyl/N-ethyl adjacent to an activating group) is 1. The smallest absolute Gasteiger partial charge is 0.233 e. The first kappa shape index (κ1) is 18.7. The van der Waals surface area contributed by atoms with E-state index < -0.39 is 0 Å². The third-order valence-electron chi connectivity index (χ3n) is 4.62. The molecule has 3 rings (SSSR count). The van der Waals surface area contributed by atoms with Crippen LogP contribution in [0.1, 0.15) is 12.7 Å². The van der Waals surface area contributed by atoms with Gasteiger partial charge in [-0.05, 0) is 37.7 Å². The number of benzene rings is 1. The fourth-order valence-corrected chi connectivity index (χ4v) is 3.90. The number of hydrogen-bond donors (Lipinski definition) is 0. The molecule has 1 aromatic carbocycles. The molecular formula is C18H25N5O2S. The monoisotopic (exact) mass is 375 g/mol. The van der Waals surface area contributed by atoms with Gasteiger partial charge in [0.2, 0.25) is 5.91 Å². The number of ether oxygens (including phenoxy) is 1. The van der Waals surface area contributed by atoms with Gasteiger partial charge >= 0.3 is 0 Å². The van der Waals surface area contributed by atoms with Crippen LogP contribution in [-0.2, 0) is 4.79 Å². The lowest BCUT2D eigenvalue weighted by molar-refractivity contribution is -0.130. The van der Waals surface area contributed by atoms with Crippen molar-refractivity contribution in [2.24, 2.45) is 0 Å². The number of hydrogen-bond acceptors (Lipinski definition) is 6. The van der Waals surface area contributed by atoms with Gasteiger partial charge in [0.1, 0.15) is 11.6 Å². The fourth-order valence-electron chi connectivity index (χ4n) is 3.00. The number of methoxy groups -OCH3 is 1. The van der Waals surface area contributed by atoms with Gasteiger partial charge < -0.3 is 14.5 Å². The maximum atomic E-state index is 12.5. The van der Waals surface area contributed by atoms with Gasteiger partial charge in [-0.3, -0.25) is 9.36 Å². The predicted molar refractivity (Wildman–Crippen MR) is 102 cm³/mol. The standard InChI is InChI=1S/C18H25N5O2S/c1-4-21-9-11-22(12-10-21)17(24)13-26-18-20-19-14(2)23(18)15-5-7-16(25-3)8-6-15/h5-8H,4,9-13H2,1-3H3. The van der Waals surface area contributed by atoms with Crippen LogP contribution in [0.4, 0.5) is 0 Å². The maximum Gasteiger partial charge on any atom is 0.233 e. The number of piperazine rings is 1. The van der Waals surface area contributed by atoms with Gasteiger partial charge in [0, 0.05) is 31.9 Å². The summed E-state index contributed by atoms with van der Waals surface area (Å²) in [5.41, 5.74) is 0.958. The van der Waals surface area contributed by atoms with Crippen LogP contribution in [0, 0.1) is 6.92 Å². The van der Waals surface area contributed by atoms with Crippen LogP contribution >= 0.6 is 11.8 Å². The zero-order chi connectivity index (χ0) is 18.5. The molecule has 8 heteroatoms. The molecule has 1 aliphatic rings. The maximum absolute atomic E-state index is 12.5. The molecule has 0 N–H and O–H groups in total. The number of aromatic nitrogens is 3. The van der Waals surface area contributed by atoms with Crippen LogP contribution in [0.3, 0.4) is 0 Å². The second-order valence-corrected chi connectivity index (χ2v) is 7.11. The van der Waals surface area contributed by atoms with E-state index in [1.54, 1.807) is 7.11 Å². The molecule has 0 unspecified atom stereocenters. The Hall–Kier alpha value is -2.06. The van der Waals surface area contributed by atoms with Crippen LogP contribution in [-0.4, -0.2) is 76.1 Å². The highest BCUT2D eigenvalue weighted by Crippen LogP contribution is 2.23. The van der Waals surface area contributed by atoms with Crippen molar-refractivity contribution >= 4 is 17.7 Å². The molecule has 0 spiro atoms. The van der Waals surface area contributed by atoms with Crippen molar-refractivity contribution in [2.75, 3.05) is 45.6 Å². The Kier molecular flexibility index (Phi) is 6.16. The third-order valence-corrected chi connectivity index (χ3v) is 5.54. The van der Waals surface area contributed by atoms with Crippen molar-refractivity contribution in [1.82, 2.24) is 24.6 Å². The topological polar surface area (TPSA) is 63.5 Å². The van der Waals surface area contributed by atoms with Crippen molar-refractivity contribution < 1.29 is 9.53 Å². The average Bonchev–Trinajstić information content (AvgIpc) is 3.06. The Balaban J connectivity index is 1.64. The summed E-state index contributed by atoms with van der Waals surface area (Å²) in [5.74, 6) is 2.13. The lowest BCUT2D eigenvalue weighted by Gasteiger charge is -2.34. The molecule has 7 nitrogen and oxygen atoms in total. The summed E-state index contributed by atoms with van der Waals surface area (Å²) in [6.07, 6.45) is 0. The summed E-state index contributed by atoms with van der Waals surface area (Å²) < 4.78 is 7.17. The Morgan fingerprint density at radius 1 is 1.15 bits per heavy atom. The van der Waals surface area contributed by atoms with E-state index in [9.17, 15) is 4.79 Å². The van der Waals surface area contributed by atoms with E-state index in [0.29, 0.717) is 5.75 Å². The van der Waals surface area contributed by atoms with Crippen LogP contribution in [0.5, 0.6) is 5.75 Å². The van der Waals surface area contributed by atoms with E-state index in [-0.39, 0.29) is 5.91 Å². The van der Waals surface area contributed by atoms with E-state index in [0.717, 1.165) is 55.1 Å². The normalized spacial score (nSPS) is 15.3. The van der Waals surface area contributed by atoms with Gasteiger partial charge in [-0.25, -0.2) is 0 Å². The van der Waals surface area contributed by atoms with Crippen molar-refractivity contribution in [3.05, 3.63) is 30.1 Å². The van der Waals surface area contributed by atoms with E-state index in [4.69, 9.17) is 4.74 Å². The molecule has 1 fully saturated rings. The molecule has 2 aromatic rings. The van der Waals surface area contributed by atoms with Crippen molar-refractivity contribution in [2.45, 2.75) is 19.0 Å². The van der Waals surface area contributed by atoms with Crippen LogP contribution < -0.4 is 4.74 Å². The second kappa shape index (κ2) is 8.55. The lowest BCUT2D eigenvalue weighted by Crippen LogP contribution is -2.49. The molecule has 0 radical (unpaired) electrons. The minimum atomic E-state index is 0.160. The Bertz CT molecular complexity index is 739. The molecule has 1 saturated heterocycles. The highest BCUT2D eigenvalue weighted by Gasteiger charge is 2.21. The molecular weight excluding hydrogens is 350 g/mol. The Morgan fingerprint density at radius 2 is 1.85 bits per heavy atom. The van der Waals surface area contributed by atoms with Crippen molar-refractivity contribution in [3.63, 3.8) is 0 Å². The van der Waals surface area contributed by atoms with Gasteiger partial charge in [-0.1, -0.05) is 18.7 Å². The SMILES string of the molecule is CCN1CCN(C(=O)CSc2nnc(C)n2-c2ccc(OC)cc2)CC1. The van der Waals surface area contributed by atoms with E-state index in [1.165, 1.54) is 11.8 Å². The molecule has 0 aliphatic carbocycles. The first-order chi connectivity index (χ1) is 12.6. The second-order valence-electron chi connectivity index (χ2n) is 6.17. The quantitative estimate of drug-likeness (QED) is 0.718. The number of carbonyl (C=O) groups is 1. The number of rotatable bonds is 6. The number of amides is 1. The number of carbonyl (C=O) groups excluding carboxylic acids is 1. The van der Waals surface area contributed by atoms with Crippen LogP contribution in [0.15, 0.2) is 29.4 Å². The molecule has 0 bridgehead atoms. The summed E-state index contributed by atoms with van der Waals surface area (Å²) in [6.45, 7) is 8.62. The molecule has 1 aliphatic heterocycles. The van der Waals surface area contributed by atoms with Crippen LogP contribution in [0.2, 0.25) is 0 Å². The van der Waals surface area contributed by atoms with Crippen molar-refractivity contribution in [3.8, 4) is 11.4 Å². The molecule has 1 amide bonds. The van der Waals surface area contributed by atoms with Crippen molar-refractivity contribution in [1.29, 1.82) is 0 Å². The Labute approximate surface area is 158 Å². The number of aryl methyl sites for hydroxylation is 1. The zero-order valence-electron chi connectivity index (χ0n) is 15.5. The van der Waals surface area contributed by atoms with Gasteiger partial charge in [0.05, 0.1) is 12.9 Å². The minimum absolute atomic E-state index is 0.160. The van der Waals surface area contributed by atoms with Crippen LogP contribution in [0.25, 0.3) is 5.69 Å². The fraction of sp³-hybridized carbons (Fsp3) is 0.500. The zero-order valence-corrected chi connectivity index (χ0v) is 16.3. The van der Waals surface area contributed by atoms with E-state index >= 15 is 0 Å². The highest BCUT2D eigenvalue weighted by atomic mass is 32.2.